The minimum atomic E-state index is -0.308. The van der Waals surface area contributed by atoms with E-state index in [1.165, 1.54) is 18.4 Å². The lowest BCUT2D eigenvalue weighted by Gasteiger charge is -2.11. The lowest BCUT2D eigenvalue weighted by Crippen LogP contribution is -2.39. The minimum absolute atomic E-state index is 0.270. The molecule has 0 aliphatic heterocycles. The zero-order valence-electron chi connectivity index (χ0n) is 9.52. The molecule has 1 fully saturated rings. The van der Waals surface area contributed by atoms with E-state index >= 15 is 0 Å². The van der Waals surface area contributed by atoms with Gasteiger partial charge in [0.15, 0.2) is 0 Å². The third kappa shape index (κ3) is 2.61. The van der Waals surface area contributed by atoms with Gasteiger partial charge >= 0.3 is 0 Å². The summed E-state index contributed by atoms with van der Waals surface area (Å²) in [5.74, 6) is 0.419. The van der Waals surface area contributed by atoms with Crippen molar-refractivity contribution in [2.45, 2.75) is 37.8 Å². The number of nitrogens with two attached hydrogens (primary N) is 1. The summed E-state index contributed by atoms with van der Waals surface area (Å²) in [7, 11) is 1.74. The summed E-state index contributed by atoms with van der Waals surface area (Å²) in [4.78, 5) is 11.0. The van der Waals surface area contributed by atoms with E-state index in [0.717, 1.165) is 12.5 Å². The number of primary amides is 1. The molecule has 1 atom stereocenters. The zero-order valence-corrected chi connectivity index (χ0v) is 9.52. The second-order valence-corrected chi connectivity index (χ2v) is 4.34. The first-order chi connectivity index (χ1) is 7.70. The Morgan fingerprint density at radius 1 is 1.75 bits per heavy atom. The van der Waals surface area contributed by atoms with Gasteiger partial charge in [0.05, 0.1) is 12.2 Å². The van der Waals surface area contributed by atoms with Crippen LogP contribution in [0.3, 0.4) is 0 Å². The molecule has 1 aromatic rings. The average molecular weight is 222 g/mol. The summed E-state index contributed by atoms with van der Waals surface area (Å²) in [5.41, 5.74) is 6.56. The molecular formula is C11H18N4O. The van der Waals surface area contributed by atoms with Crippen molar-refractivity contribution < 1.29 is 4.79 Å². The van der Waals surface area contributed by atoms with Crippen LogP contribution in [0.25, 0.3) is 0 Å². The lowest BCUT2D eigenvalue weighted by molar-refractivity contribution is -0.120. The van der Waals surface area contributed by atoms with Gasteiger partial charge < -0.3 is 11.1 Å². The van der Waals surface area contributed by atoms with Gasteiger partial charge in [-0.15, -0.1) is 0 Å². The van der Waals surface area contributed by atoms with Crippen LogP contribution in [0.2, 0.25) is 0 Å². The molecule has 1 saturated carbocycles. The molecule has 88 valence electrons. The zero-order chi connectivity index (χ0) is 11.5. The van der Waals surface area contributed by atoms with E-state index in [-0.39, 0.29) is 11.9 Å². The summed E-state index contributed by atoms with van der Waals surface area (Å²) in [5, 5.41) is 7.18. The van der Waals surface area contributed by atoms with Gasteiger partial charge in [0.25, 0.3) is 0 Å². The second-order valence-electron chi connectivity index (χ2n) is 4.34. The van der Waals surface area contributed by atoms with Gasteiger partial charge in [-0.1, -0.05) is 0 Å². The van der Waals surface area contributed by atoms with Gasteiger partial charge in [0.2, 0.25) is 5.91 Å². The Balaban J connectivity index is 1.85. The van der Waals surface area contributed by atoms with Crippen LogP contribution in [0.5, 0.6) is 0 Å². The fraction of sp³-hybridized carbons (Fsp3) is 0.636. The van der Waals surface area contributed by atoms with Crippen molar-refractivity contribution in [2.75, 3.05) is 7.05 Å². The molecule has 0 saturated heterocycles. The van der Waals surface area contributed by atoms with Crippen molar-refractivity contribution in [3.8, 4) is 0 Å². The molecule has 1 aromatic heterocycles. The number of hydrogen-bond donors (Lipinski definition) is 2. The van der Waals surface area contributed by atoms with E-state index in [4.69, 9.17) is 5.73 Å². The molecule has 1 aliphatic rings. The monoisotopic (exact) mass is 222 g/mol. The summed E-state index contributed by atoms with van der Waals surface area (Å²) in [6.45, 7) is 0.723. The van der Waals surface area contributed by atoms with Gasteiger partial charge in [-0.2, -0.15) is 5.10 Å². The Bertz CT molecular complexity index is 370. The maximum absolute atomic E-state index is 11.0. The largest absolute Gasteiger partial charge is 0.368 e. The Morgan fingerprint density at radius 3 is 3.06 bits per heavy atom. The van der Waals surface area contributed by atoms with Crippen LogP contribution in [0.1, 0.15) is 30.7 Å². The number of aryl methyl sites for hydroxylation is 1. The lowest BCUT2D eigenvalue weighted by atomic mass is 10.2. The summed E-state index contributed by atoms with van der Waals surface area (Å²) in [6.07, 6.45) is 7.25. The molecule has 2 rings (SSSR count). The molecule has 1 aliphatic carbocycles. The van der Waals surface area contributed by atoms with Gasteiger partial charge in [-0.3, -0.25) is 9.48 Å². The van der Waals surface area contributed by atoms with E-state index < -0.39 is 0 Å². The number of nitrogens with one attached hydrogen (secondary N) is 1. The van der Waals surface area contributed by atoms with E-state index in [2.05, 4.69) is 16.6 Å². The van der Waals surface area contributed by atoms with E-state index in [1.54, 1.807) is 7.05 Å². The number of likely N-dealkylation sites (N-methyl/N-ethyl adjacent to an activating group) is 1. The van der Waals surface area contributed by atoms with Crippen LogP contribution >= 0.6 is 0 Å². The number of rotatable bonds is 6. The highest BCUT2D eigenvalue weighted by Gasteiger charge is 2.24. The summed E-state index contributed by atoms with van der Waals surface area (Å²) < 4.78 is 1.89. The molecule has 16 heavy (non-hydrogen) atoms. The summed E-state index contributed by atoms with van der Waals surface area (Å²) in [6, 6.07) is -0.270. The van der Waals surface area contributed by atoms with Crippen molar-refractivity contribution in [3.63, 3.8) is 0 Å². The molecule has 1 amide bonds. The Labute approximate surface area is 95.0 Å². The maximum atomic E-state index is 11.0. The average Bonchev–Trinajstić information content (AvgIpc) is 3.00. The third-order valence-electron chi connectivity index (χ3n) is 3.04. The van der Waals surface area contributed by atoms with E-state index in [0.29, 0.717) is 6.42 Å². The van der Waals surface area contributed by atoms with Crippen LogP contribution in [-0.2, 0) is 11.3 Å². The van der Waals surface area contributed by atoms with E-state index in [9.17, 15) is 4.79 Å². The van der Waals surface area contributed by atoms with Gasteiger partial charge in [-0.05, 0) is 37.8 Å². The van der Waals surface area contributed by atoms with Crippen molar-refractivity contribution in [1.29, 1.82) is 0 Å². The highest BCUT2D eigenvalue weighted by Crippen LogP contribution is 2.39. The van der Waals surface area contributed by atoms with Crippen LogP contribution in [0, 0.1) is 0 Å². The van der Waals surface area contributed by atoms with Crippen molar-refractivity contribution in [1.82, 2.24) is 15.1 Å². The first-order valence-electron chi connectivity index (χ1n) is 5.69. The minimum Gasteiger partial charge on any atom is -0.368 e. The Hall–Kier alpha value is -1.36. The molecule has 0 radical (unpaired) electrons. The molecular weight excluding hydrogens is 204 g/mol. The topological polar surface area (TPSA) is 72.9 Å². The standard InChI is InChI=1S/C11H18N4O/c1-13-10(11(12)16)4-5-15-7-9(6-14-15)8-2-3-8/h6-8,10,13H,2-5H2,1H3,(H2,12,16). The number of carbonyl (C=O) groups excluding carboxylic acids is 1. The first-order valence-corrected chi connectivity index (χ1v) is 5.69. The SMILES string of the molecule is CNC(CCn1cc(C2CC2)cn1)C(N)=O. The predicted molar refractivity (Wildman–Crippen MR) is 60.9 cm³/mol. The fourth-order valence-electron chi connectivity index (χ4n) is 1.82. The second kappa shape index (κ2) is 4.65. The number of hydrogen-bond acceptors (Lipinski definition) is 3. The van der Waals surface area contributed by atoms with Crippen molar-refractivity contribution in [2.24, 2.45) is 5.73 Å². The molecule has 5 nitrogen and oxygen atoms in total. The molecule has 0 spiro atoms. The molecule has 1 heterocycles. The highest BCUT2D eigenvalue weighted by atomic mass is 16.1. The molecule has 0 bridgehead atoms. The van der Waals surface area contributed by atoms with Crippen LogP contribution in [0.15, 0.2) is 12.4 Å². The first kappa shape index (κ1) is 11.1. The number of amides is 1. The quantitative estimate of drug-likeness (QED) is 0.723. The highest BCUT2D eigenvalue weighted by molar-refractivity contribution is 5.79. The molecule has 3 N–H and O–H groups in total. The molecule has 1 unspecified atom stereocenters. The molecule has 5 heteroatoms. The number of nitrogens with zero attached hydrogens (tertiary/aromatic N) is 2. The van der Waals surface area contributed by atoms with Crippen LogP contribution < -0.4 is 11.1 Å². The van der Waals surface area contributed by atoms with Crippen LogP contribution in [-0.4, -0.2) is 28.8 Å². The predicted octanol–water partition coefficient (Wildman–Crippen LogP) is 0.224. The van der Waals surface area contributed by atoms with Crippen molar-refractivity contribution in [3.05, 3.63) is 18.0 Å². The number of carbonyl (C=O) groups is 1. The number of aromatic nitrogens is 2. The smallest absolute Gasteiger partial charge is 0.234 e. The molecule has 0 aromatic carbocycles. The van der Waals surface area contributed by atoms with Gasteiger partial charge in [0, 0.05) is 12.7 Å². The van der Waals surface area contributed by atoms with Gasteiger partial charge in [0.1, 0.15) is 0 Å². The summed E-state index contributed by atoms with van der Waals surface area (Å²) >= 11 is 0. The Morgan fingerprint density at radius 2 is 2.50 bits per heavy atom. The van der Waals surface area contributed by atoms with Crippen molar-refractivity contribution >= 4 is 5.91 Å². The van der Waals surface area contributed by atoms with Gasteiger partial charge in [-0.25, -0.2) is 0 Å². The maximum Gasteiger partial charge on any atom is 0.234 e. The van der Waals surface area contributed by atoms with E-state index in [1.807, 2.05) is 10.9 Å². The Kier molecular flexibility index (Phi) is 3.24. The fourth-order valence-corrected chi connectivity index (χ4v) is 1.82. The third-order valence-corrected chi connectivity index (χ3v) is 3.04. The normalized spacial score (nSPS) is 17.3. The van der Waals surface area contributed by atoms with Crippen LogP contribution in [0.4, 0.5) is 0 Å².